The molecule has 1 aliphatic carbocycles. The average Bonchev–Trinajstić information content (AvgIpc) is 3.25. The Morgan fingerprint density at radius 3 is 2.88 bits per heavy atom. The van der Waals surface area contributed by atoms with Gasteiger partial charge in [-0.1, -0.05) is 23.5 Å². The van der Waals surface area contributed by atoms with Crippen molar-refractivity contribution in [2.24, 2.45) is 0 Å². The van der Waals surface area contributed by atoms with Crippen LogP contribution in [0.25, 0.3) is 11.0 Å². The van der Waals surface area contributed by atoms with Crippen molar-refractivity contribution < 1.29 is 4.79 Å². The van der Waals surface area contributed by atoms with Crippen molar-refractivity contribution >= 4 is 28.4 Å². The number of aryl methyl sites for hydroxylation is 1. The molecule has 8 heteroatoms. The minimum absolute atomic E-state index is 0.137. The second-order valence-electron chi connectivity index (χ2n) is 6.35. The lowest BCUT2D eigenvalue weighted by molar-refractivity contribution is 0.206. The molecule has 0 unspecified atom stereocenters. The van der Waals surface area contributed by atoms with E-state index >= 15 is 0 Å². The third kappa shape index (κ3) is 3.34. The fraction of sp³-hybridized carbons (Fsp3) is 0.412. The first-order valence-electron chi connectivity index (χ1n) is 8.35. The van der Waals surface area contributed by atoms with Crippen LogP contribution in [0.1, 0.15) is 34.7 Å². The number of hydrogen-bond acceptors (Lipinski definition) is 5. The van der Waals surface area contributed by atoms with Crippen LogP contribution in [0.3, 0.4) is 0 Å². The maximum atomic E-state index is 12.4. The number of carbonyl (C=O) groups excluding carboxylic acids is 1. The van der Waals surface area contributed by atoms with Gasteiger partial charge in [-0.15, -0.1) is 10.2 Å². The zero-order valence-electron chi connectivity index (χ0n) is 14.3. The molecule has 2 amide bonds. The van der Waals surface area contributed by atoms with Crippen LogP contribution in [0.15, 0.2) is 24.3 Å². The number of carbonyl (C=O) groups is 1. The smallest absolute Gasteiger partial charge is 0.317 e. The summed E-state index contributed by atoms with van der Waals surface area (Å²) < 4.78 is 2.27. The van der Waals surface area contributed by atoms with E-state index in [0.717, 1.165) is 26.9 Å². The fourth-order valence-electron chi connectivity index (χ4n) is 2.92. The molecule has 1 aromatic carbocycles. The van der Waals surface area contributed by atoms with E-state index in [0.29, 0.717) is 19.1 Å². The van der Waals surface area contributed by atoms with Gasteiger partial charge in [0.15, 0.2) is 0 Å². The van der Waals surface area contributed by atoms with E-state index < -0.39 is 0 Å². The van der Waals surface area contributed by atoms with Gasteiger partial charge in [-0.3, -0.25) is 0 Å². The van der Waals surface area contributed by atoms with Gasteiger partial charge < -0.3 is 14.8 Å². The number of nitrogens with one attached hydrogen (secondary N) is 1. The highest BCUT2D eigenvalue weighted by Gasteiger charge is 2.28. The Morgan fingerprint density at radius 1 is 1.36 bits per heavy atom. The molecule has 2 aromatic heterocycles. The number of fused-ring (bicyclic) bond motifs is 1. The second-order valence-corrected chi connectivity index (χ2v) is 7.61. The number of imidazole rings is 1. The number of para-hydroxylation sites is 2. The van der Waals surface area contributed by atoms with Gasteiger partial charge >= 0.3 is 6.03 Å². The summed E-state index contributed by atoms with van der Waals surface area (Å²) in [6, 6.07) is 8.51. The molecule has 4 rings (SSSR count). The van der Waals surface area contributed by atoms with Crippen LogP contribution in [0.4, 0.5) is 4.79 Å². The van der Waals surface area contributed by atoms with Crippen LogP contribution in [-0.2, 0) is 13.1 Å². The Balaban J connectivity index is 1.45. The van der Waals surface area contributed by atoms with E-state index in [1.807, 2.05) is 25.1 Å². The van der Waals surface area contributed by atoms with Crippen LogP contribution in [0.5, 0.6) is 0 Å². The molecule has 1 saturated carbocycles. The quantitative estimate of drug-likeness (QED) is 0.763. The molecule has 0 atom stereocenters. The predicted octanol–water partition coefficient (Wildman–Crippen LogP) is 2.87. The molecule has 2 heterocycles. The highest BCUT2D eigenvalue weighted by atomic mass is 32.1. The predicted molar refractivity (Wildman–Crippen MR) is 96.4 cm³/mol. The third-order valence-corrected chi connectivity index (χ3v) is 5.09. The molecule has 3 aromatic rings. The monoisotopic (exact) mass is 356 g/mol. The van der Waals surface area contributed by atoms with Crippen molar-refractivity contribution in [1.82, 2.24) is 30.0 Å². The summed E-state index contributed by atoms with van der Waals surface area (Å²) in [4.78, 5) is 18.7. The molecule has 130 valence electrons. The number of urea groups is 1. The Kier molecular flexibility index (Phi) is 4.12. The first kappa shape index (κ1) is 16.0. The van der Waals surface area contributed by atoms with Gasteiger partial charge in [0.1, 0.15) is 15.8 Å². The van der Waals surface area contributed by atoms with Gasteiger partial charge in [0.05, 0.1) is 24.1 Å². The van der Waals surface area contributed by atoms with Crippen molar-refractivity contribution in [2.75, 3.05) is 7.05 Å². The summed E-state index contributed by atoms with van der Waals surface area (Å²) in [6.07, 6.45) is 2.36. The van der Waals surface area contributed by atoms with E-state index in [1.54, 1.807) is 11.9 Å². The van der Waals surface area contributed by atoms with Crippen molar-refractivity contribution in [3.8, 4) is 0 Å². The lowest BCUT2D eigenvalue weighted by Gasteiger charge is -2.16. The maximum Gasteiger partial charge on any atom is 0.317 e. The minimum atomic E-state index is -0.137. The van der Waals surface area contributed by atoms with Crippen LogP contribution in [0.2, 0.25) is 0 Å². The summed E-state index contributed by atoms with van der Waals surface area (Å²) in [7, 11) is 1.76. The molecule has 0 saturated heterocycles. The van der Waals surface area contributed by atoms with Crippen LogP contribution in [-0.4, -0.2) is 37.7 Å². The van der Waals surface area contributed by atoms with E-state index in [4.69, 9.17) is 4.98 Å². The van der Waals surface area contributed by atoms with E-state index in [-0.39, 0.29) is 6.03 Å². The van der Waals surface area contributed by atoms with Crippen LogP contribution >= 0.6 is 11.3 Å². The van der Waals surface area contributed by atoms with Gasteiger partial charge in [0, 0.05) is 13.1 Å². The van der Waals surface area contributed by atoms with Gasteiger partial charge in [-0.2, -0.15) is 0 Å². The summed E-state index contributed by atoms with van der Waals surface area (Å²) in [5.41, 5.74) is 2.13. The molecular weight excluding hydrogens is 336 g/mol. The molecule has 0 radical (unpaired) electrons. The number of aromatic nitrogens is 4. The molecule has 1 fully saturated rings. The molecule has 0 bridgehead atoms. The highest BCUT2D eigenvalue weighted by molar-refractivity contribution is 7.11. The number of rotatable bonds is 5. The van der Waals surface area contributed by atoms with Gasteiger partial charge in [-0.05, 0) is 31.9 Å². The summed E-state index contributed by atoms with van der Waals surface area (Å²) in [6.45, 7) is 2.78. The Morgan fingerprint density at radius 2 is 2.16 bits per heavy atom. The normalized spacial score (nSPS) is 14.0. The van der Waals surface area contributed by atoms with Crippen molar-refractivity contribution in [2.45, 2.75) is 38.9 Å². The first-order valence-corrected chi connectivity index (χ1v) is 9.17. The lowest BCUT2D eigenvalue weighted by atomic mass is 10.3. The van der Waals surface area contributed by atoms with Crippen molar-refractivity contribution in [3.05, 3.63) is 40.1 Å². The summed E-state index contributed by atoms with van der Waals surface area (Å²) >= 11 is 1.51. The number of amides is 2. The molecule has 0 aliphatic heterocycles. The van der Waals surface area contributed by atoms with Gasteiger partial charge in [0.2, 0.25) is 0 Å². The fourth-order valence-corrected chi connectivity index (χ4v) is 3.69. The number of nitrogens with zero attached hydrogens (tertiary/aromatic N) is 5. The zero-order chi connectivity index (χ0) is 17.4. The third-order valence-electron chi connectivity index (χ3n) is 4.27. The highest BCUT2D eigenvalue weighted by Crippen LogP contribution is 2.38. The molecule has 7 nitrogen and oxygen atoms in total. The van der Waals surface area contributed by atoms with E-state index in [2.05, 4.69) is 26.1 Å². The van der Waals surface area contributed by atoms with E-state index in [9.17, 15) is 4.79 Å². The first-order chi connectivity index (χ1) is 12.1. The molecule has 1 aliphatic rings. The topological polar surface area (TPSA) is 75.9 Å². The molecule has 0 spiro atoms. The average molecular weight is 356 g/mol. The van der Waals surface area contributed by atoms with Crippen molar-refractivity contribution in [1.29, 1.82) is 0 Å². The van der Waals surface area contributed by atoms with Crippen molar-refractivity contribution in [3.63, 3.8) is 0 Å². The maximum absolute atomic E-state index is 12.4. The molecule has 1 N–H and O–H groups in total. The van der Waals surface area contributed by atoms with Crippen LogP contribution < -0.4 is 5.32 Å². The summed E-state index contributed by atoms with van der Waals surface area (Å²) in [5, 5.41) is 12.8. The Labute approximate surface area is 149 Å². The van der Waals surface area contributed by atoms with E-state index in [1.165, 1.54) is 24.2 Å². The standard InChI is InChI=1S/C17H20N6OS/c1-11-20-21-16(25-11)10-22(2)17(24)18-9-15-19-13-5-3-4-6-14(13)23(15)12-7-8-12/h3-6,12H,7-10H2,1-2H3,(H,18,24). The van der Waals surface area contributed by atoms with Gasteiger partial charge in [0.25, 0.3) is 0 Å². The number of hydrogen-bond donors (Lipinski definition) is 1. The zero-order valence-corrected chi connectivity index (χ0v) is 15.1. The minimum Gasteiger partial charge on any atom is -0.331 e. The molecular formula is C17H20N6OS. The largest absolute Gasteiger partial charge is 0.331 e. The summed E-state index contributed by atoms with van der Waals surface area (Å²) in [5.74, 6) is 0.914. The van der Waals surface area contributed by atoms with Gasteiger partial charge in [-0.25, -0.2) is 9.78 Å². The van der Waals surface area contributed by atoms with Crippen LogP contribution in [0, 0.1) is 6.92 Å². The molecule has 25 heavy (non-hydrogen) atoms. The number of benzene rings is 1. The lowest BCUT2D eigenvalue weighted by Crippen LogP contribution is -2.36. The Bertz CT molecular complexity index is 913. The second kappa shape index (κ2) is 6.44. The SMILES string of the molecule is Cc1nnc(CN(C)C(=O)NCc2nc3ccccc3n2C2CC2)s1. The Hall–Kier alpha value is -2.48.